The van der Waals surface area contributed by atoms with E-state index in [-0.39, 0.29) is 12.6 Å². The zero-order valence-corrected chi connectivity index (χ0v) is 44.1. The smallest absolute Gasteiger partial charge is 0.297 e. The number of furan rings is 1. The van der Waals surface area contributed by atoms with Crippen molar-refractivity contribution in [1.82, 2.24) is 4.57 Å². The molecule has 2 aliphatic rings. The van der Waals surface area contributed by atoms with Gasteiger partial charge in [-0.1, -0.05) is 167 Å². The zero-order valence-electron chi connectivity index (χ0n) is 44.1. The standard InChI is InChI=1S/C70H57BN4O/c1-43-16-28-49(29-17-43)64(50-30-18-44(2)19-31-50)58-42-59-68(69-65(58)56-12-8-10-14-60(56)72(69)7)75(54-38-26-48(6)27-39-54)62-41-55(73(51-32-20-45(3)21-33-51)52-34-22-46(4)23-35-52)40-61-66(62)71(59)70-67(57-13-9-11-15-63(57)76-70)74(61)53-36-24-47(5)25-37-53/h8-42,64H,1-7H3. The van der Waals surface area contributed by atoms with Crippen molar-refractivity contribution in [2.75, 3.05) is 14.7 Å². The van der Waals surface area contributed by atoms with Crippen molar-refractivity contribution in [2.24, 2.45) is 7.05 Å². The van der Waals surface area contributed by atoms with Gasteiger partial charge in [-0.3, -0.25) is 0 Å². The quantitative estimate of drug-likeness (QED) is 0.112. The molecule has 0 saturated carbocycles. The molecular formula is C70H57BN4O. The van der Waals surface area contributed by atoms with Crippen LogP contribution in [-0.2, 0) is 7.05 Å². The lowest BCUT2D eigenvalue weighted by Crippen LogP contribution is -2.61. The molecule has 4 heterocycles. The molecule has 10 aromatic carbocycles. The Labute approximate surface area is 445 Å². The first-order valence-corrected chi connectivity index (χ1v) is 26.6. The van der Waals surface area contributed by atoms with Crippen LogP contribution >= 0.6 is 0 Å². The molecule has 0 atom stereocenters. The molecule has 0 bridgehead atoms. The molecule has 5 nitrogen and oxygen atoms in total. The van der Waals surface area contributed by atoms with Gasteiger partial charge < -0.3 is 23.7 Å². The van der Waals surface area contributed by atoms with Gasteiger partial charge in [0.2, 0.25) is 0 Å². The third kappa shape index (κ3) is 7.15. The highest BCUT2D eigenvalue weighted by Gasteiger charge is 2.49. The number of aromatic nitrogens is 1. The highest BCUT2D eigenvalue weighted by molar-refractivity contribution is 7.00. The third-order valence-corrected chi connectivity index (χ3v) is 16.3. The summed E-state index contributed by atoms with van der Waals surface area (Å²) in [5, 5.41) is 3.56. The van der Waals surface area contributed by atoms with Crippen molar-refractivity contribution in [3.05, 3.63) is 262 Å². The molecule has 0 fully saturated rings. The van der Waals surface area contributed by atoms with Crippen molar-refractivity contribution < 1.29 is 4.42 Å². The fourth-order valence-corrected chi connectivity index (χ4v) is 12.5. The molecular weight excluding hydrogens is 924 g/mol. The summed E-state index contributed by atoms with van der Waals surface area (Å²) in [6, 6.07) is 79.7. The van der Waals surface area contributed by atoms with Crippen LogP contribution in [0.5, 0.6) is 0 Å². The molecule has 366 valence electrons. The second-order valence-corrected chi connectivity index (χ2v) is 21.4. The Hall–Kier alpha value is -9.00. The van der Waals surface area contributed by atoms with Gasteiger partial charge in [0.1, 0.15) is 5.58 Å². The van der Waals surface area contributed by atoms with Gasteiger partial charge in [0.25, 0.3) is 6.71 Å². The maximum Gasteiger partial charge on any atom is 0.297 e. The van der Waals surface area contributed by atoms with E-state index in [1.165, 1.54) is 82.8 Å². The molecule has 2 aromatic heterocycles. The SMILES string of the molecule is Cc1ccc(C(c2ccc(C)cc2)c2cc3c(c4c2c2ccccc2n4C)N(c2ccc(C)cc2)c2cc(N(c4ccc(C)cc4)c4ccc(C)cc4)cc4c2B3c2oc3ccccc3c2N4c2ccc(C)cc2)cc1. The largest absolute Gasteiger partial charge is 0.468 e. The Bertz CT molecular complexity index is 4140. The van der Waals surface area contributed by atoms with Crippen molar-refractivity contribution >= 4 is 107 Å². The second-order valence-electron chi connectivity index (χ2n) is 21.4. The third-order valence-electron chi connectivity index (χ3n) is 16.3. The summed E-state index contributed by atoms with van der Waals surface area (Å²) < 4.78 is 9.96. The first-order chi connectivity index (χ1) is 37.1. The molecule has 14 rings (SSSR count). The maximum absolute atomic E-state index is 7.49. The minimum absolute atomic E-state index is 0.0868. The number of fused-ring (bicyclic) bond motifs is 10. The Morgan fingerprint density at radius 3 is 1.42 bits per heavy atom. The topological polar surface area (TPSA) is 27.8 Å². The van der Waals surface area contributed by atoms with E-state index in [1.54, 1.807) is 0 Å². The fourth-order valence-electron chi connectivity index (χ4n) is 12.5. The Morgan fingerprint density at radius 1 is 0.447 bits per heavy atom. The van der Waals surface area contributed by atoms with Gasteiger partial charge >= 0.3 is 0 Å². The minimum atomic E-state index is -0.301. The molecule has 0 aliphatic carbocycles. The summed E-state index contributed by atoms with van der Waals surface area (Å²) in [5.41, 5.74) is 27.5. The molecule has 0 N–H and O–H groups in total. The van der Waals surface area contributed by atoms with Gasteiger partial charge in [0, 0.05) is 68.8 Å². The highest BCUT2D eigenvalue weighted by Crippen LogP contribution is 2.53. The number of aryl methyl sites for hydroxylation is 7. The van der Waals surface area contributed by atoms with Crippen LogP contribution in [0.3, 0.4) is 0 Å². The lowest BCUT2D eigenvalue weighted by atomic mass is 9.35. The van der Waals surface area contributed by atoms with Gasteiger partial charge in [-0.15, -0.1) is 0 Å². The van der Waals surface area contributed by atoms with Crippen LogP contribution < -0.4 is 31.3 Å². The molecule has 0 spiro atoms. The van der Waals surface area contributed by atoms with E-state index in [0.717, 1.165) is 67.8 Å². The monoisotopic (exact) mass is 980 g/mol. The lowest BCUT2D eigenvalue weighted by Gasteiger charge is -2.44. The minimum Gasteiger partial charge on any atom is -0.468 e. The highest BCUT2D eigenvalue weighted by atomic mass is 16.3. The van der Waals surface area contributed by atoms with Crippen LogP contribution in [0.1, 0.15) is 56.0 Å². The average Bonchev–Trinajstić information content (AvgIpc) is 4.14. The number of rotatable bonds is 8. The van der Waals surface area contributed by atoms with E-state index in [2.05, 4.69) is 280 Å². The van der Waals surface area contributed by atoms with Gasteiger partial charge in [0.15, 0.2) is 0 Å². The lowest BCUT2D eigenvalue weighted by molar-refractivity contribution is 0.651. The van der Waals surface area contributed by atoms with Crippen molar-refractivity contribution in [1.29, 1.82) is 0 Å². The number of anilines is 9. The van der Waals surface area contributed by atoms with Crippen molar-refractivity contribution in [3.63, 3.8) is 0 Å². The number of para-hydroxylation sites is 2. The van der Waals surface area contributed by atoms with Crippen molar-refractivity contribution in [2.45, 2.75) is 47.5 Å². The second kappa shape index (κ2) is 17.6. The summed E-state index contributed by atoms with van der Waals surface area (Å²) in [7, 11) is 2.27. The van der Waals surface area contributed by atoms with Gasteiger partial charge in [-0.25, -0.2) is 0 Å². The first kappa shape index (κ1) is 45.6. The molecule has 76 heavy (non-hydrogen) atoms. The average molecular weight is 981 g/mol. The Morgan fingerprint density at radius 2 is 0.895 bits per heavy atom. The molecule has 2 aliphatic heterocycles. The van der Waals surface area contributed by atoms with E-state index in [9.17, 15) is 0 Å². The zero-order chi connectivity index (χ0) is 51.5. The van der Waals surface area contributed by atoms with Crippen LogP contribution in [-0.4, -0.2) is 11.3 Å². The van der Waals surface area contributed by atoms with Gasteiger partial charge in [-0.05, 0) is 148 Å². The molecule has 12 aromatic rings. The summed E-state index contributed by atoms with van der Waals surface area (Å²) in [5.74, 6) is -0.0868. The van der Waals surface area contributed by atoms with Crippen LogP contribution in [0.25, 0.3) is 32.8 Å². The summed E-state index contributed by atoms with van der Waals surface area (Å²) in [4.78, 5) is 7.53. The van der Waals surface area contributed by atoms with Crippen LogP contribution in [0.2, 0.25) is 0 Å². The summed E-state index contributed by atoms with van der Waals surface area (Å²) >= 11 is 0. The molecule has 6 heteroatoms. The number of hydrogen-bond donors (Lipinski definition) is 0. The summed E-state index contributed by atoms with van der Waals surface area (Å²) in [6.07, 6.45) is 0. The van der Waals surface area contributed by atoms with E-state index < -0.39 is 0 Å². The molecule has 0 radical (unpaired) electrons. The maximum atomic E-state index is 7.49. The fraction of sp³-hybridized carbons (Fsp3) is 0.114. The van der Waals surface area contributed by atoms with Crippen LogP contribution in [0.15, 0.2) is 217 Å². The summed E-state index contributed by atoms with van der Waals surface area (Å²) in [6.45, 7) is 12.7. The predicted molar refractivity (Wildman–Crippen MR) is 321 cm³/mol. The van der Waals surface area contributed by atoms with Gasteiger partial charge in [0.05, 0.1) is 28.2 Å². The van der Waals surface area contributed by atoms with E-state index >= 15 is 0 Å². The van der Waals surface area contributed by atoms with E-state index in [1.807, 2.05) is 0 Å². The molecule has 0 amide bonds. The van der Waals surface area contributed by atoms with E-state index in [4.69, 9.17) is 4.42 Å². The molecule has 0 unspecified atom stereocenters. The normalized spacial score (nSPS) is 12.7. The number of hydrogen-bond acceptors (Lipinski definition) is 4. The Kier molecular flexibility index (Phi) is 10.5. The van der Waals surface area contributed by atoms with Crippen LogP contribution in [0, 0.1) is 41.5 Å². The molecule has 0 saturated heterocycles. The van der Waals surface area contributed by atoms with E-state index in [0.29, 0.717) is 0 Å². The van der Waals surface area contributed by atoms with Crippen LogP contribution in [0.4, 0.5) is 51.2 Å². The number of benzene rings is 10. The predicted octanol–water partition coefficient (Wildman–Crippen LogP) is 16.7. The Balaban J connectivity index is 1.18. The first-order valence-electron chi connectivity index (χ1n) is 26.6. The number of nitrogens with zero attached hydrogens (tertiary/aromatic N) is 4. The van der Waals surface area contributed by atoms with Gasteiger partial charge in [-0.2, -0.15) is 0 Å². The van der Waals surface area contributed by atoms with Crippen molar-refractivity contribution in [3.8, 4) is 0 Å².